The van der Waals surface area contributed by atoms with Gasteiger partial charge >= 0.3 is 0 Å². The summed E-state index contributed by atoms with van der Waals surface area (Å²) in [5.74, 6) is 1.61. The third-order valence-electron chi connectivity index (χ3n) is 3.06. The van der Waals surface area contributed by atoms with Crippen molar-refractivity contribution in [3.63, 3.8) is 0 Å². The van der Waals surface area contributed by atoms with E-state index < -0.39 is 10.0 Å². The molecule has 0 spiro atoms. The van der Waals surface area contributed by atoms with Crippen LogP contribution in [0, 0.1) is 0 Å². The predicted molar refractivity (Wildman–Crippen MR) is 88.8 cm³/mol. The van der Waals surface area contributed by atoms with Crippen molar-refractivity contribution in [2.24, 2.45) is 0 Å². The Balaban J connectivity index is 1.77. The number of nitrogens with zero attached hydrogens (tertiary/aromatic N) is 2. The van der Waals surface area contributed by atoms with Gasteiger partial charge in [0.05, 0.1) is 4.90 Å². The SMILES string of the molecule is CC(C)(C)Nc1ccc(NS(=O)(=O)c2ccc3c(c2)OCO3)nn1. The van der Waals surface area contributed by atoms with Gasteiger partial charge in [-0.25, -0.2) is 8.42 Å². The van der Waals surface area contributed by atoms with Crippen LogP contribution in [0.15, 0.2) is 35.2 Å². The number of nitrogens with one attached hydrogen (secondary N) is 2. The molecule has 8 nitrogen and oxygen atoms in total. The van der Waals surface area contributed by atoms with Crippen LogP contribution in [0.5, 0.6) is 11.5 Å². The Hall–Kier alpha value is -2.55. The second-order valence-electron chi connectivity index (χ2n) is 6.30. The number of hydrogen-bond acceptors (Lipinski definition) is 7. The zero-order valence-electron chi connectivity index (χ0n) is 13.5. The lowest BCUT2D eigenvalue weighted by Gasteiger charge is -2.20. The van der Waals surface area contributed by atoms with Crippen molar-refractivity contribution in [3.8, 4) is 11.5 Å². The van der Waals surface area contributed by atoms with Gasteiger partial charge in [-0.05, 0) is 45.0 Å². The molecule has 0 saturated carbocycles. The topological polar surface area (TPSA) is 102 Å². The second kappa shape index (κ2) is 5.82. The molecule has 1 aromatic carbocycles. The highest BCUT2D eigenvalue weighted by atomic mass is 32.2. The van der Waals surface area contributed by atoms with Crippen molar-refractivity contribution in [2.75, 3.05) is 16.8 Å². The quantitative estimate of drug-likeness (QED) is 0.871. The van der Waals surface area contributed by atoms with E-state index in [1.54, 1.807) is 18.2 Å². The van der Waals surface area contributed by atoms with Crippen molar-refractivity contribution in [1.82, 2.24) is 10.2 Å². The number of anilines is 2. The maximum atomic E-state index is 12.4. The third-order valence-corrected chi connectivity index (χ3v) is 4.41. The number of hydrogen-bond donors (Lipinski definition) is 2. The van der Waals surface area contributed by atoms with Gasteiger partial charge in [0, 0.05) is 11.6 Å². The standard InChI is InChI=1S/C15H18N4O4S/c1-15(2,3)16-13-6-7-14(18-17-13)19-24(20,21)10-4-5-11-12(8-10)23-9-22-11/h4-8H,9H2,1-3H3,(H,16,17)(H,18,19). The second-order valence-corrected chi connectivity index (χ2v) is 7.98. The van der Waals surface area contributed by atoms with E-state index >= 15 is 0 Å². The molecular weight excluding hydrogens is 332 g/mol. The van der Waals surface area contributed by atoms with E-state index in [1.165, 1.54) is 12.1 Å². The summed E-state index contributed by atoms with van der Waals surface area (Å²) >= 11 is 0. The molecule has 2 aromatic rings. The Bertz CT molecular complexity index is 845. The number of sulfonamides is 1. The zero-order valence-corrected chi connectivity index (χ0v) is 14.3. The summed E-state index contributed by atoms with van der Waals surface area (Å²) in [5, 5.41) is 11.0. The van der Waals surface area contributed by atoms with Gasteiger partial charge in [0.15, 0.2) is 17.3 Å². The van der Waals surface area contributed by atoms with E-state index in [1.807, 2.05) is 20.8 Å². The van der Waals surface area contributed by atoms with Gasteiger partial charge in [-0.15, -0.1) is 10.2 Å². The minimum absolute atomic E-state index is 0.0606. The molecule has 128 valence electrons. The minimum Gasteiger partial charge on any atom is -0.454 e. The van der Waals surface area contributed by atoms with E-state index in [0.717, 1.165) is 0 Å². The molecule has 2 N–H and O–H groups in total. The molecule has 24 heavy (non-hydrogen) atoms. The first-order chi connectivity index (χ1) is 11.2. The number of aromatic nitrogens is 2. The predicted octanol–water partition coefficient (Wildman–Crippen LogP) is 2.22. The van der Waals surface area contributed by atoms with Crippen molar-refractivity contribution in [1.29, 1.82) is 0 Å². The van der Waals surface area contributed by atoms with Crippen LogP contribution in [0.1, 0.15) is 20.8 Å². The van der Waals surface area contributed by atoms with Gasteiger partial charge in [0.2, 0.25) is 6.79 Å². The lowest BCUT2D eigenvalue weighted by molar-refractivity contribution is 0.174. The largest absolute Gasteiger partial charge is 0.454 e. The summed E-state index contributed by atoms with van der Waals surface area (Å²) in [7, 11) is -3.79. The maximum absolute atomic E-state index is 12.4. The molecule has 0 unspecified atom stereocenters. The van der Waals surface area contributed by atoms with Crippen LogP contribution in [-0.2, 0) is 10.0 Å². The fourth-order valence-electron chi connectivity index (χ4n) is 2.08. The first-order valence-electron chi connectivity index (χ1n) is 7.27. The molecular formula is C15H18N4O4S. The molecule has 0 radical (unpaired) electrons. The monoisotopic (exact) mass is 350 g/mol. The average Bonchev–Trinajstić information content (AvgIpc) is 2.95. The smallest absolute Gasteiger partial charge is 0.263 e. The van der Waals surface area contributed by atoms with Crippen molar-refractivity contribution in [2.45, 2.75) is 31.2 Å². The highest BCUT2D eigenvalue weighted by Gasteiger charge is 2.21. The van der Waals surface area contributed by atoms with Crippen molar-refractivity contribution < 1.29 is 17.9 Å². The third kappa shape index (κ3) is 3.67. The van der Waals surface area contributed by atoms with E-state index in [-0.39, 0.29) is 23.0 Å². The average molecular weight is 350 g/mol. The molecule has 3 rings (SSSR count). The lowest BCUT2D eigenvalue weighted by Crippen LogP contribution is -2.26. The van der Waals surface area contributed by atoms with E-state index in [9.17, 15) is 8.42 Å². The molecule has 0 saturated heterocycles. The summed E-state index contributed by atoms with van der Waals surface area (Å²) in [4.78, 5) is 0.0606. The summed E-state index contributed by atoms with van der Waals surface area (Å²) in [6.07, 6.45) is 0. The minimum atomic E-state index is -3.79. The Labute approximate surface area is 140 Å². The highest BCUT2D eigenvalue weighted by molar-refractivity contribution is 7.92. The maximum Gasteiger partial charge on any atom is 0.263 e. The molecule has 1 aromatic heterocycles. The Morgan fingerprint density at radius 1 is 1.00 bits per heavy atom. The van der Waals surface area contributed by atoms with E-state index in [0.29, 0.717) is 17.3 Å². The summed E-state index contributed by atoms with van der Waals surface area (Å²) in [6.45, 7) is 6.06. The molecule has 0 fully saturated rings. The Morgan fingerprint density at radius 2 is 1.67 bits per heavy atom. The molecule has 0 atom stereocenters. The van der Waals surface area contributed by atoms with Gasteiger partial charge in [-0.2, -0.15) is 0 Å². The van der Waals surface area contributed by atoms with Crippen LogP contribution in [-0.4, -0.2) is 30.9 Å². The molecule has 1 aliphatic heterocycles. The van der Waals surface area contributed by atoms with Crippen LogP contribution in [0.4, 0.5) is 11.6 Å². The highest BCUT2D eigenvalue weighted by Crippen LogP contribution is 2.34. The molecule has 0 bridgehead atoms. The fourth-order valence-corrected chi connectivity index (χ4v) is 3.09. The fraction of sp³-hybridized carbons (Fsp3) is 0.333. The summed E-state index contributed by atoms with van der Waals surface area (Å²) < 4.78 is 37.6. The van der Waals surface area contributed by atoms with Crippen LogP contribution >= 0.6 is 0 Å². The molecule has 0 aliphatic carbocycles. The number of benzene rings is 1. The van der Waals surface area contributed by atoms with Crippen LogP contribution in [0.2, 0.25) is 0 Å². The van der Waals surface area contributed by atoms with Gasteiger partial charge in [-0.1, -0.05) is 0 Å². The number of ether oxygens (including phenoxy) is 2. The van der Waals surface area contributed by atoms with Gasteiger partial charge < -0.3 is 14.8 Å². The van der Waals surface area contributed by atoms with Crippen LogP contribution < -0.4 is 19.5 Å². The summed E-state index contributed by atoms with van der Waals surface area (Å²) in [6, 6.07) is 7.62. The molecule has 2 heterocycles. The van der Waals surface area contributed by atoms with Crippen LogP contribution in [0.25, 0.3) is 0 Å². The normalized spacial score (nSPS) is 13.6. The Morgan fingerprint density at radius 3 is 2.33 bits per heavy atom. The number of fused-ring (bicyclic) bond motifs is 1. The molecule has 9 heteroatoms. The van der Waals surface area contributed by atoms with Gasteiger partial charge in [0.1, 0.15) is 5.82 Å². The van der Waals surface area contributed by atoms with E-state index in [4.69, 9.17) is 9.47 Å². The van der Waals surface area contributed by atoms with Gasteiger partial charge in [0.25, 0.3) is 10.0 Å². The van der Waals surface area contributed by atoms with E-state index in [2.05, 4.69) is 20.2 Å². The summed E-state index contributed by atoms with van der Waals surface area (Å²) in [5.41, 5.74) is -0.164. The Kier molecular flexibility index (Phi) is 3.96. The molecule has 0 amide bonds. The molecule has 1 aliphatic rings. The van der Waals surface area contributed by atoms with Crippen LogP contribution in [0.3, 0.4) is 0 Å². The first kappa shape index (κ1) is 16.3. The number of rotatable bonds is 4. The zero-order chi connectivity index (χ0) is 17.4. The first-order valence-corrected chi connectivity index (χ1v) is 8.76. The van der Waals surface area contributed by atoms with Gasteiger partial charge in [-0.3, -0.25) is 4.72 Å². The lowest BCUT2D eigenvalue weighted by atomic mass is 10.1. The van der Waals surface area contributed by atoms with Crippen molar-refractivity contribution >= 4 is 21.7 Å². The van der Waals surface area contributed by atoms with Crippen molar-refractivity contribution in [3.05, 3.63) is 30.3 Å².